The van der Waals surface area contributed by atoms with Gasteiger partial charge in [-0.3, -0.25) is 0 Å². The van der Waals surface area contributed by atoms with Crippen molar-refractivity contribution in [1.82, 2.24) is 10.2 Å². The zero-order valence-corrected chi connectivity index (χ0v) is 10.3. The first kappa shape index (κ1) is 13.7. The second-order valence-corrected chi connectivity index (χ2v) is 4.31. The SMILES string of the molecule is CN(C)C[C@@H](NC(=O)O)c1cccc(Cl)c1F. The number of likely N-dealkylation sites (N-methyl/N-ethyl adjacent to an activating group) is 1. The smallest absolute Gasteiger partial charge is 0.405 e. The monoisotopic (exact) mass is 260 g/mol. The van der Waals surface area contributed by atoms with Crippen molar-refractivity contribution in [2.45, 2.75) is 6.04 Å². The highest BCUT2D eigenvalue weighted by atomic mass is 35.5. The third kappa shape index (κ3) is 3.87. The second kappa shape index (κ2) is 5.84. The minimum Gasteiger partial charge on any atom is -0.465 e. The van der Waals surface area contributed by atoms with Crippen LogP contribution in [0.4, 0.5) is 9.18 Å². The van der Waals surface area contributed by atoms with Crippen LogP contribution in [0.25, 0.3) is 0 Å². The van der Waals surface area contributed by atoms with Gasteiger partial charge in [0.25, 0.3) is 0 Å². The van der Waals surface area contributed by atoms with Crippen LogP contribution in [-0.4, -0.2) is 36.7 Å². The topological polar surface area (TPSA) is 52.6 Å². The van der Waals surface area contributed by atoms with Crippen LogP contribution in [0.2, 0.25) is 5.02 Å². The molecule has 0 bridgehead atoms. The van der Waals surface area contributed by atoms with Gasteiger partial charge in [-0.05, 0) is 20.2 Å². The Morgan fingerprint density at radius 3 is 2.76 bits per heavy atom. The van der Waals surface area contributed by atoms with Crippen molar-refractivity contribution >= 4 is 17.7 Å². The molecule has 94 valence electrons. The number of rotatable bonds is 4. The highest BCUT2D eigenvalue weighted by Gasteiger charge is 2.19. The molecule has 0 unspecified atom stereocenters. The number of hydrogen-bond acceptors (Lipinski definition) is 2. The van der Waals surface area contributed by atoms with E-state index in [-0.39, 0.29) is 10.6 Å². The lowest BCUT2D eigenvalue weighted by atomic mass is 10.1. The molecule has 0 aliphatic rings. The van der Waals surface area contributed by atoms with Gasteiger partial charge in [0.2, 0.25) is 0 Å². The van der Waals surface area contributed by atoms with Gasteiger partial charge in [-0.2, -0.15) is 0 Å². The van der Waals surface area contributed by atoms with Crippen LogP contribution in [0.5, 0.6) is 0 Å². The molecule has 0 saturated heterocycles. The van der Waals surface area contributed by atoms with E-state index in [1.807, 2.05) is 0 Å². The zero-order valence-electron chi connectivity index (χ0n) is 9.58. The molecule has 1 aromatic rings. The molecule has 0 radical (unpaired) electrons. The molecule has 0 fully saturated rings. The molecule has 1 amide bonds. The number of nitrogens with zero attached hydrogens (tertiary/aromatic N) is 1. The Hall–Kier alpha value is -1.33. The Labute approximate surface area is 104 Å². The van der Waals surface area contributed by atoms with Crippen LogP contribution in [0.1, 0.15) is 11.6 Å². The van der Waals surface area contributed by atoms with E-state index in [1.165, 1.54) is 12.1 Å². The maximum absolute atomic E-state index is 13.8. The molecule has 0 aliphatic heterocycles. The van der Waals surface area contributed by atoms with E-state index in [9.17, 15) is 9.18 Å². The summed E-state index contributed by atoms with van der Waals surface area (Å²) in [5.41, 5.74) is 0.244. The van der Waals surface area contributed by atoms with Crippen LogP contribution in [0.3, 0.4) is 0 Å². The van der Waals surface area contributed by atoms with Gasteiger partial charge in [0.1, 0.15) is 5.82 Å². The quantitative estimate of drug-likeness (QED) is 0.874. The van der Waals surface area contributed by atoms with E-state index in [0.717, 1.165) is 0 Å². The van der Waals surface area contributed by atoms with E-state index in [4.69, 9.17) is 16.7 Å². The van der Waals surface area contributed by atoms with Gasteiger partial charge < -0.3 is 15.3 Å². The van der Waals surface area contributed by atoms with E-state index >= 15 is 0 Å². The molecule has 1 rings (SSSR count). The van der Waals surface area contributed by atoms with Crippen molar-refractivity contribution in [1.29, 1.82) is 0 Å². The zero-order chi connectivity index (χ0) is 13.0. The van der Waals surface area contributed by atoms with Gasteiger partial charge in [-0.1, -0.05) is 23.7 Å². The van der Waals surface area contributed by atoms with Gasteiger partial charge in [-0.15, -0.1) is 0 Å². The summed E-state index contributed by atoms with van der Waals surface area (Å²) in [4.78, 5) is 12.4. The second-order valence-electron chi connectivity index (χ2n) is 3.91. The van der Waals surface area contributed by atoms with E-state index < -0.39 is 18.0 Å². The molecule has 0 spiro atoms. The fraction of sp³-hybridized carbons (Fsp3) is 0.364. The average Bonchev–Trinajstić information content (AvgIpc) is 2.19. The van der Waals surface area contributed by atoms with Gasteiger partial charge in [-0.25, -0.2) is 9.18 Å². The summed E-state index contributed by atoms with van der Waals surface area (Å²) in [7, 11) is 3.55. The fourth-order valence-corrected chi connectivity index (χ4v) is 1.71. The highest BCUT2D eigenvalue weighted by molar-refractivity contribution is 6.30. The molecule has 0 aliphatic carbocycles. The van der Waals surface area contributed by atoms with Crippen LogP contribution < -0.4 is 5.32 Å². The molecular weight excluding hydrogens is 247 g/mol. The first-order chi connectivity index (χ1) is 7.91. The molecule has 0 aromatic heterocycles. The number of hydrogen-bond donors (Lipinski definition) is 2. The summed E-state index contributed by atoms with van der Waals surface area (Å²) < 4.78 is 13.8. The molecule has 0 saturated carbocycles. The lowest BCUT2D eigenvalue weighted by Crippen LogP contribution is -2.34. The minimum absolute atomic E-state index is 0.0153. The van der Waals surface area contributed by atoms with Crippen LogP contribution >= 0.6 is 11.6 Å². The van der Waals surface area contributed by atoms with Gasteiger partial charge >= 0.3 is 6.09 Å². The van der Waals surface area contributed by atoms with Crippen LogP contribution in [-0.2, 0) is 0 Å². The number of carbonyl (C=O) groups is 1. The minimum atomic E-state index is -1.20. The van der Waals surface area contributed by atoms with Gasteiger partial charge in [0.15, 0.2) is 0 Å². The summed E-state index contributed by atoms with van der Waals surface area (Å²) in [6.07, 6.45) is -1.20. The number of carboxylic acid groups (broad SMARTS) is 1. The molecule has 1 aromatic carbocycles. The van der Waals surface area contributed by atoms with E-state index in [0.29, 0.717) is 6.54 Å². The molecule has 4 nitrogen and oxygen atoms in total. The highest BCUT2D eigenvalue weighted by Crippen LogP contribution is 2.23. The predicted molar refractivity (Wildman–Crippen MR) is 63.9 cm³/mol. The molecule has 1 atom stereocenters. The maximum Gasteiger partial charge on any atom is 0.405 e. The number of nitrogens with one attached hydrogen (secondary N) is 1. The third-order valence-corrected chi connectivity index (χ3v) is 2.49. The Morgan fingerprint density at radius 2 is 2.24 bits per heavy atom. The molecule has 2 N–H and O–H groups in total. The molecule has 17 heavy (non-hydrogen) atoms. The average molecular weight is 261 g/mol. The first-order valence-electron chi connectivity index (χ1n) is 5.00. The van der Waals surface area contributed by atoms with Crippen molar-refractivity contribution in [3.05, 3.63) is 34.6 Å². The Bertz CT molecular complexity index is 412. The van der Waals surface area contributed by atoms with Crippen molar-refractivity contribution < 1.29 is 14.3 Å². The number of halogens is 2. The lowest BCUT2D eigenvalue weighted by Gasteiger charge is -2.22. The largest absolute Gasteiger partial charge is 0.465 e. The predicted octanol–water partition coefficient (Wildman–Crippen LogP) is 2.35. The van der Waals surface area contributed by atoms with E-state index in [1.54, 1.807) is 25.1 Å². The summed E-state index contributed by atoms with van der Waals surface area (Å²) >= 11 is 5.67. The first-order valence-corrected chi connectivity index (χ1v) is 5.37. The standard InChI is InChI=1S/C11H14ClFN2O2/c1-15(2)6-9(14-11(16)17)7-4-3-5-8(12)10(7)13/h3-5,9,14H,6H2,1-2H3,(H,16,17)/t9-/m1/s1. The molecule has 0 heterocycles. The molecular formula is C11H14ClFN2O2. The third-order valence-electron chi connectivity index (χ3n) is 2.20. The number of amides is 1. The molecule has 6 heteroatoms. The van der Waals surface area contributed by atoms with E-state index in [2.05, 4.69) is 5.32 Å². The Kier molecular flexibility index (Phi) is 4.72. The van der Waals surface area contributed by atoms with Crippen LogP contribution in [0, 0.1) is 5.82 Å². The summed E-state index contributed by atoms with van der Waals surface area (Å²) in [5.74, 6) is -0.588. The normalized spacial score (nSPS) is 12.5. The van der Waals surface area contributed by atoms with Crippen molar-refractivity contribution in [3.63, 3.8) is 0 Å². The van der Waals surface area contributed by atoms with Gasteiger partial charge in [0.05, 0.1) is 11.1 Å². The maximum atomic E-state index is 13.8. The summed E-state index contributed by atoms with van der Waals surface area (Å²) in [6, 6.07) is 3.88. The Morgan fingerprint density at radius 1 is 1.59 bits per heavy atom. The fourth-order valence-electron chi connectivity index (χ4n) is 1.53. The lowest BCUT2D eigenvalue weighted by molar-refractivity contribution is 0.186. The van der Waals surface area contributed by atoms with Crippen molar-refractivity contribution in [2.24, 2.45) is 0 Å². The van der Waals surface area contributed by atoms with Crippen molar-refractivity contribution in [2.75, 3.05) is 20.6 Å². The van der Waals surface area contributed by atoms with Gasteiger partial charge in [0, 0.05) is 12.1 Å². The summed E-state index contributed by atoms with van der Waals surface area (Å²) in [6.45, 7) is 0.351. The summed E-state index contributed by atoms with van der Waals surface area (Å²) in [5, 5.41) is 11.0. The number of benzene rings is 1. The Balaban J connectivity index is 3.03. The van der Waals surface area contributed by atoms with Crippen LogP contribution in [0.15, 0.2) is 18.2 Å². The van der Waals surface area contributed by atoms with Crippen molar-refractivity contribution in [3.8, 4) is 0 Å².